The maximum Gasteiger partial charge on any atom is 0.155 e. The molecule has 2 aromatic heterocycles. The molecule has 3 rings (SSSR count). The molecule has 0 radical (unpaired) electrons. The van der Waals surface area contributed by atoms with Crippen molar-refractivity contribution in [3.8, 4) is 28.9 Å². The summed E-state index contributed by atoms with van der Waals surface area (Å²) in [6.45, 7) is 0. The van der Waals surface area contributed by atoms with Crippen molar-refractivity contribution in [1.82, 2.24) is 14.8 Å². The van der Waals surface area contributed by atoms with Crippen LogP contribution >= 0.6 is 0 Å². The number of nitrogens with zero attached hydrogens (tertiary/aromatic N) is 4. The molecule has 3 aromatic rings. The van der Waals surface area contributed by atoms with Crippen molar-refractivity contribution in [2.45, 2.75) is 0 Å². The zero-order valence-corrected chi connectivity index (χ0v) is 11.4. The fourth-order valence-electron chi connectivity index (χ4n) is 2.09. The van der Waals surface area contributed by atoms with Gasteiger partial charge in [0.15, 0.2) is 5.82 Å². The molecular weight excluding hydrogens is 264 g/mol. The van der Waals surface area contributed by atoms with Gasteiger partial charge in [0.1, 0.15) is 5.75 Å². The van der Waals surface area contributed by atoms with Crippen LogP contribution in [0.2, 0.25) is 0 Å². The zero-order chi connectivity index (χ0) is 14.7. The number of methoxy groups -OCH3 is 1. The SMILES string of the molecule is COc1cccc(-c2ccnn2-c2cc(C#N)ccn2)c1. The Bertz CT molecular complexity index is 817. The fourth-order valence-corrected chi connectivity index (χ4v) is 2.09. The highest BCUT2D eigenvalue weighted by atomic mass is 16.5. The lowest BCUT2D eigenvalue weighted by molar-refractivity contribution is 0.415. The van der Waals surface area contributed by atoms with Crippen molar-refractivity contribution in [1.29, 1.82) is 5.26 Å². The Morgan fingerprint density at radius 2 is 2.05 bits per heavy atom. The van der Waals surface area contributed by atoms with E-state index in [1.165, 1.54) is 0 Å². The first-order valence-corrected chi connectivity index (χ1v) is 6.37. The summed E-state index contributed by atoms with van der Waals surface area (Å²) < 4.78 is 6.95. The molecule has 5 nitrogen and oxygen atoms in total. The number of hydrogen-bond acceptors (Lipinski definition) is 4. The van der Waals surface area contributed by atoms with Crippen LogP contribution in [-0.4, -0.2) is 21.9 Å². The van der Waals surface area contributed by atoms with Crippen molar-refractivity contribution < 1.29 is 4.74 Å². The van der Waals surface area contributed by atoms with Crippen LogP contribution in [0.3, 0.4) is 0 Å². The van der Waals surface area contributed by atoms with Gasteiger partial charge in [0, 0.05) is 17.8 Å². The quantitative estimate of drug-likeness (QED) is 0.738. The Labute approximate surface area is 122 Å². The molecule has 0 N–H and O–H groups in total. The Balaban J connectivity index is 2.10. The zero-order valence-electron chi connectivity index (χ0n) is 11.4. The van der Waals surface area contributed by atoms with Gasteiger partial charge in [0.2, 0.25) is 0 Å². The lowest BCUT2D eigenvalue weighted by Crippen LogP contribution is -2.02. The third-order valence-electron chi connectivity index (χ3n) is 3.10. The normalized spacial score (nSPS) is 10.1. The van der Waals surface area contributed by atoms with Crippen LogP contribution < -0.4 is 4.74 Å². The van der Waals surface area contributed by atoms with Gasteiger partial charge in [-0.1, -0.05) is 12.1 Å². The summed E-state index contributed by atoms with van der Waals surface area (Å²) in [7, 11) is 1.63. The van der Waals surface area contributed by atoms with Gasteiger partial charge in [-0.05, 0) is 24.3 Å². The third kappa shape index (κ3) is 2.47. The maximum atomic E-state index is 8.99. The molecule has 0 bridgehead atoms. The predicted molar refractivity (Wildman–Crippen MR) is 78.1 cm³/mol. The van der Waals surface area contributed by atoms with Crippen molar-refractivity contribution in [3.05, 3.63) is 60.4 Å². The number of rotatable bonds is 3. The largest absolute Gasteiger partial charge is 0.497 e. The molecule has 0 atom stereocenters. The average molecular weight is 276 g/mol. The molecule has 0 fully saturated rings. The molecule has 21 heavy (non-hydrogen) atoms. The second-order valence-electron chi connectivity index (χ2n) is 4.37. The van der Waals surface area contributed by atoms with Crippen molar-refractivity contribution >= 4 is 0 Å². The molecule has 0 saturated heterocycles. The maximum absolute atomic E-state index is 8.99. The van der Waals surface area contributed by atoms with Gasteiger partial charge in [-0.15, -0.1) is 0 Å². The first kappa shape index (κ1) is 12.9. The van der Waals surface area contributed by atoms with Crippen LogP contribution in [0, 0.1) is 11.3 Å². The molecule has 0 aliphatic rings. The minimum atomic E-state index is 0.548. The van der Waals surface area contributed by atoms with Crippen molar-refractivity contribution in [2.75, 3.05) is 7.11 Å². The van der Waals surface area contributed by atoms with Gasteiger partial charge < -0.3 is 4.74 Å². The Hall–Kier alpha value is -3.13. The van der Waals surface area contributed by atoms with E-state index in [1.54, 1.807) is 36.3 Å². The van der Waals surface area contributed by atoms with E-state index in [4.69, 9.17) is 10.00 Å². The van der Waals surface area contributed by atoms with E-state index in [0.29, 0.717) is 11.4 Å². The minimum absolute atomic E-state index is 0.548. The molecule has 0 unspecified atom stereocenters. The Morgan fingerprint density at radius 3 is 2.86 bits per heavy atom. The third-order valence-corrected chi connectivity index (χ3v) is 3.10. The summed E-state index contributed by atoms with van der Waals surface area (Å²) in [5, 5.41) is 13.3. The highest BCUT2D eigenvalue weighted by Crippen LogP contribution is 2.25. The summed E-state index contributed by atoms with van der Waals surface area (Å²) in [5.74, 6) is 1.39. The lowest BCUT2D eigenvalue weighted by Gasteiger charge is -2.08. The molecule has 0 aliphatic heterocycles. The van der Waals surface area contributed by atoms with Gasteiger partial charge in [0.05, 0.1) is 30.6 Å². The lowest BCUT2D eigenvalue weighted by atomic mass is 10.1. The van der Waals surface area contributed by atoms with Gasteiger partial charge in [-0.3, -0.25) is 0 Å². The predicted octanol–water partition coefficient (Wildman–Crippen LogP) is 2.81. The van der Waals surface area contributed by atoms with Gasteiger partial charge >= 0.3 is 0 Å². The number of pyridine rings is 1. The highest BCUT2D eigenvalue weighted by Gasteiger charge is 2.09. The Morgan fingerprint density at radius 1 is 1.14 bits per heavy atom. The number of nitriles is 1. The molecule has 1 aromatic carbocycles. The molecule has 0 amide bonds. The van der Waals surface area contributed by atoms with Gasteiger partial charge in [-0.25, -0.2) is 9.67 Å². The van der Waals surface area contributed by atoms with E-state index >= 15 is 0 Å². The van der Waals surface area contributed by atoms with E-state index in [1.807, 2.05) is 30.3 Å². The molecule has 2 heterocycles. The second-order valence-corrected chi connectivity index (χ2v) is 4.37. The summed E-state index contributed by atoms with van der Waals surface area (Å²) in [6, 6.07) is 15.1. The van der Waals surface area contributed by atoms with E-state index < -0.39 is 0 Å². The number of ether oxygens (including phenoxy) is 1. The molecule has 102 valence electrons. The van der Waals surface area contributed by atoms with Crippen molar-refractivity contribution in [3.63, 3.8) is 0 Å². The smallest absolute Gasteiger partial charge is 0.155 e. The van der Waals surface area contributed by atoms with Crippen LogP contribution in [0.4, 0.5) is 0 Å². The molecule has 0 aliphatic carbocycles. The standard InChI is InChI=1S/C16H12N4O/c1-21-14-4-2-3-13(10-14)15-6-8-19-20(15)16-9-12(11-17)5-7-18-16/h2-10H,1H3. The number of benzene rings is 1. The molecule has 5 heteroatoms. The minimum Gasteiger partial charge on any atom is -0.497 e. The van der Waals surface area contributed by atoms with Crippen molar-refractivity contribution in [2.24, 2.45) is 0 Å². The number of hydrogen-bond donors (Lipinski definition) is 0. The number of aromatic nitrogens is 3. The molecule has 0 saturated carbocycles. The van der Waals surface area contributed by atoms with Crippen LogP contribution in [-0.2, 0) is 0 Å². The van der Waals surface area contributed by atoms with E-state index in [0.717, 1.165) is 17.0 Å². The summed E-state index contributed by atoms with van der Waals surface area (Å²) >= 11 is 0. The summed E-state index contributed by atoms with van der Waals surface area (Å²) in [4.78, 5) is 4.28. The summed E-state index contributed by atoms with van der Waals surface area (Å²) in [5.41, 5.74) is 2.40. The second kappa shape index (κ2) is 5.47. The first-order valence-electron chi connectivity index (χ1n) is 6.37. The van der Waals surface area contributed by atoms with E-state index in [2.05, 4.69) is 16.2 Å². The highest BCUT2D eigenvalue weighted by molar-refractivity contribution is 5.63. The fraction of sp³-hybridized carbons (Fsp3) is 0.0625. The van der Waals surface area contributed by atoms with Gasteiger partial charge in [-0.2, -0.15) is 10.4 Å². The Kier molecular flexibility index (Phi) is 3.36. The van der Waals surface area contributed by atoms with E-state index in [-0.39, 0.29) is 0 Å². The average Bonchev–Trinajstić information content (AvgIpc) is 3.04. The van der Waals surface area contributed by atoms with Crippen LogP contribution in [0.5, 0.6) is 5.75 Å². The van der Waals surface area contributed by atoms with Gasteiger partial charge in [0.25, 0.3) is 0 Å². The van der Waals surface area contributed by atoms with Crippen LogP contribution in [0.25, 0.3) is 17.1 Å². The monoisotopic (exact) mass is 276 g/mol. The molecular formula is C16H12N4O. The topological polar surface area (TPSA) is 63.7 Å². The van der Waals surface area contributed by atoms with Crippen LogP contribution in [0.1, 0.15) is 5.56 Å². The first-order chi connectivity index (χ1) is 10.3. The molecule has 0 spiro atoms. The van der Waals surface area contributed by atoms with E-state index in [9.17, 15) is 0 Å². The van der Waals surface area contributed by atoms with Crippen LogP contribution in [0.15, 0.2) is 54.9 Å². The summed E-state index contributed by atoms with van der Waals surface area (Å²) in [6.07, 6.45) is 3.31.